The number of amides is 1. The summed E-state index contributed by atoms with van der Waals surface area (Å²) >= 11 is 0. The monoisotopic (exact) mass is 308 g/mol. The third-order valence-electron chi connectivity index (χ3n) is 4.11. The highest BCUT2D eigenvalue weighted by Gasteiger charge is 2.30. The van der Waals surface area contributed by atoms with Gasteiger partial charge in [-0.25, -0.2) is 4.68 Å². The van der Waals surface area contributed by atoms with Crippen LogP contribution in [0.2, 0.25) is 0 Å². The van der Waals surface area contributed by atoms with Crippen LogP contribution >= 0.6 is 0 Å². The molecule has 1 aromatic heterocycles. The molecule has 0 aromatic carbocycles. The summed E-state index contributed by atoms with van der Waals surface area (Å²) in [4.78, 5) is 12.2. The molecule has 0 spiro atoms. The zero-order valence-electron chi connectivity index (χ0n) is 13.0. The fourth-order valence-corrected chi connectivity index (χ4v) is 2.68. The smallest absolute Gasteiger partial charge is 0.242 e. The average molecular weight is 308 g/mol. The predicted octanol–water partition coefficient (Wildman–Crippen LogP) is 0.474. The van der Waals surface area contributed by atoms with E-state index in [1.54, 1.807) is 6.07 Å². The van der Waals surface area contributed by atoms with Gasteiger partial charge in [-0.1, -0.05) is 0 Å². The van der Waals surface area contributed by atoms with Gasteiger partial charge in [0, 0.05) is 19.3 Å². The number of nitrogens with zero attached hydrogens (tertiary/aromatic N) is 2. The maximum atomic E-state index is 12.2. The first-order valence-corrected chi connectivity index (χ1v) is 7.90. The molecule has 3 rings (SSSR count). The first kappa shape index (κ1) is 15.3. The molecule has 0 bridgehead atoms. The lowest BCUT2D eigenvalue weighted by Gasteiger charge is -2.32. The molecule has 2 heterocycles. The Labute approximate surface area is 130 Å². The molecule has 3 N–H and O–H groups in total. The van der Waals surface area contributed by atoms with Crippen molar-refractivity contribution >= 4 is 11.7 Å². The van der Waals surface area contributed by atoms with Gasteiger partial charge in [0.25, 0.3) is 0 Å². The highest BCUT2D eigenvalue weighted by atomic mass is 16.5. The van der Waals surface area contributed by atoms with Crippen molar-refractivity contribution in [2.24, 2.45) is 5.92 Å². The van der Waals surface area contributed by atoms with E-state index < -0.39 is 0 Å². The fraction of sp³-hybridized carbons (Fsp3) is 0.733. The van der Waals surface area contributed by atoms with Crippen molar-refractivity contribution in [2.75, 3.05) is 25.6 Å². The summed E-state index contributed by atoms with van der Waals surface area (Å²) in [5, 5.41) is 7.19. The summed E-state index contributed by atoms with van der Waals surface area (Å²) < 4.78 is 12.9. The number of carbonyl (C=O) groups is 1. The lowest BCUT2D eigenvalue weighted by Crippen LogP contribution is -2.51. The third kappa shape index (κ3) is 3.98. The van der Waals surface area contributed by atoms with Gasteiger partial charge in [0.15, 0.2) is 0 Å². The zero-order valence-corrected chi connectivity index (χ0v) is 13.0. The molecule has 2 unspecified atom stereocenters. The first-order chi connectivity index (χ1) is 10.6. The van der Waals surface area contributed by atoms with Crippen molar-refractivity contribution in [2.45, 2.75) is 44.9 Å². The maximum absolute atomic E-state index is 12.2. The number of aromatic nitrogens is 2. The van der Waals surface area contributed by atoms with E-state index in [9.17, 15) is 4.79 Å². The number of nitrogen functional groups attached to an aromatic ring is 1. The summed E-state index contributed by atoms with van der Waals surface area (Å²) in [7, 11) is 0. The van der Waals surface area contributed by atoms with Gasteiger partial charge in [-0.2, -0.15) is 5.10 Å². The molecular weight excluding hydrogens is 284 g/mol. The minimum atomic E-state index is -0.120. The summed E-state index contributed by atoms with van der Waals surface area (Å²) in [6, 6.07) is 1.65. The molecule has 2 atom stereocenters. The van der Waals surface area contributed by atoms with E-state index in [1.165, 1.54) is 17.5 Å². The molecule has 1 aliphatic carbocycles. The van der Waals surface area contributed by atoms with Crippen molar-refractivity contribution in [1.29, 1.82) is 0 Å². The Morgan fingerprint density at radius 1 is 1.55 bits per heavy atom. The molecule has 2 fully saturated rings. The van der Waals surface area contributed by atoms with Crippen molar-refractivity contribution in [3.63, 3.8) is 0 Å². The molecular formula is C15H24N4O3. The molecule has 1 aliphatic heterocycles. The highest BCUT2D eigenvalue weighted by Crippen LogP contribution is 2.30. The number of anilines is 1. The molecule has 22 heavy (non-hydrogen) atoms. The van der Waals surface area contributed by atoms with E-state index in [2.05, 4.69) is 10.4 Å². The van der Waals surface area contributed by atoms with Crippen molar-refractivity contribution in [3.8, 4) is 0 Å². The third-order valence-corrected chi connectivity index (χ3v) is 4.11. The number of hydrogen-bond donors (Lipinski definition) is 2. The van der Waals surface area contributed by atoms with Crippen LogP contribution in [0.5, 0.6) is 0 Å². The lowest BCUT2D eigenvalue weighted by molar-refractivity contribution is -0.127. The second-order valence-corrected chi connectivity index (χ2v) is 6.22. The number of rotatable bonds is 6. The quantitative estimate of drug-likeness (QED) is 0.797. The summed E-state index contributed by atoms with van der Waals surface area (Å²) in [6.45, 7) is 3.94. The Morgan fingerprint density at radius 2 is 2.36 bits per heavy atom. The number of carbonyl (C=O) groups excluding carboxylic acids is 1. The molecule has 1 saturated carbocycles. The highest BCUT2D eigenvalue weighted by molar-refractivity contribution is 5.76. The van der Waals surface area contributed by atoms with Gasteiger partial charge in [-0.3, -0.25) is 4.79 Å². The maximum Gasteiger partial charge on any atom is 0.242 e. The second kappa shape index (κ2) is 6.66. The molecule has 2 aliphatic rings. The molecule has 1 aromatic rings. The van der Waals surface area contributed by atoms with Crippen molar-refractivity contribution < 1.29 is 14.3 Å². The van der Waals surface area contributed by atoms with Gasteiger partial charge in [-0.15, -0.1) is 0 Å². The van der Waals surface area contributed by atoms with E-state index in [4.69, 9.17) is 15.2 Å². The SMILES string of the molecule is Cc1cc(N)n(CC(=O)NC2COCCC2OCC2CC2)n1. The second-order valence-electron chi connectivity index (χ2n) is 6.22. The van der Waals surface area contributed by atoms with Crippen LogP contribution in [0.3, 0.4) is 0 Å². The Morgan fingerprint density at radius 3 is 3.05 bits per heavy atom. The van der Waals surface area contributed by atoms with E-state index in [0.29, 0.717) is 24.9 Å². The van der Waals surface area contributed by atoms with Crippen LogP contribution in [0.1, 0.15) is 25.0 Å². The van der Waals surface area contributed by atoms with Gasteiger partial charge in [-0.05, 0) is 32.1 Å². The minimum Gasteiger partial charge on any atom is -0.384 e. The van der Waals surface area contributed by atoms with Crippen LogP contribution in [0.4, 0.5) is 5.82 Å². The number of nitrogens with one attached hydrogen (secondary N) is 1. The Hall–Kier alpha value is -1.60. The molecule has 7 nitrogen and oxygen atoms in total. The summed E-state index contributed by atoms with van der Waals surface area (Å²) in [6.07, 6.45) is 3.38. The normalized spacial score (nSPS) is 25.1. The Kier molecular flexibility index (Phi) is 4.63. The number of aryl methyl sites for hydroxylation is 1. The molecule has 1 saturated heterocycles. The molecule has 122 valence electrons. The minimum absolute atomic E-state index is 0.0370. The van der Waals surface area contributed by atoms with Crippen LogP contribution in [0.15, 0.2) is 6.07 Å². The number of hydrogen-bond acceptors (Lipinski definition) is 5. The lowest BCUT2D eigenvalue weighted by atomic mass is 10.1. The predicted molar refractivity (Wildman–Crippen MR) is 81.2 cm³/mol. The fourth-order valence-electron chi connectivity index (χ4n) is 2.68. The van der Waals surface area contributed by atoms with E-state index >= 15 is 0 Å². The average Bonchev–Trinajstić information content (AvgIpc) is 3.24. The van der Waals surface area contributed by atoms with Crippen molar-refractivity contribution in [1.82, 2.24) is 15.1 Å². The molecule has 0 radical (unpaired) electrons. The topological polar surface area (TPSA) is 91.4 Å². The Bertz CT molecular complexity index is 527. The summed E-state index contributed by atoms with van der Waals surface area (Å²) in [5.74, 6) is 1.09. The van der Waals surface area contributed by atoms with E-state index in [0.717, 1.165) is 18.7 Å². The number of nitrogens with two attached hydrogens (primary N) is 1. The van der Waals surface area contributed by atoms with Gasteiger partial charge in [0.05, 0.1) is 24.4 Å². The van der Waals surface area contributed by atoms with E-state index in [1.807, 2.05) is 6.92 Å². The number of ether oxygens (including phenoxy) is 2. The Balaban J connectivity index is 1.52. The van der Waals surface area contributed by atoms with Crippen LogP contribution < -0.4 is 11.1 Å². The largest absolute Gasteiger partial charge is 0.384 e. The molecule has 7 heteroatoms. The molecule has 1 amide bonds. The van der Waals surface area contributed by atoms with Crippen LogP contribution in [0.25, 0.3) is 0 Å². The van der Waals surface area contributed by atoms with Crippen molar-refractivity contribution in [3.05, 3.63) is 11.8 Å². The van der Waals surface area contributed by atoms with Gasteiger partial charge >= 0.3 is 0 Å². The zero-order chi connectivity index (χ0) is 15.5. The van der Waals surface area contributed by atoms with Crippen LogP contribution in [0, 0.1) is 12.8 Å². The van der Waals surface area contributed by atoms with E-state index in [-0.39, 0.29) is 24.6 Å². The van der Waals surface area contributed by atoms with Crippen LogP contribution in [-0.2, 0) is 20.8 Å². The first-order valence-electron chi connectivity index (χ1n) is 7.90. The summed E-state index contributed by atoms with van der Waals surface area (Å²) in [5.41, 5.74) is 6.61. The van der Waals surface area contributed by atoms with Gasteiger partial charge in [0.2, 0.25) is 5.91 Å². The van der Waals surface area contributed by atoms with Crippen LogP contribution in [-0.4, -0.2) is 47.7 Å². The standard InChI is InChI=1S/C15H24N4O3/c1-10-6-14(16)19(18-10)7-15(20)17-12-9-21-5-4-13(12)22-8-11-2-3-11/h6,11-13H,2-5,7-9,16H2,1H3,(H,17,20). The van der Waals surface area contributed by atoms with Gasteiger partial charge < -0.3 is 20.5 Å². The van der Waals surface area contributed by atoms with Gasteiger partial charge in [0.1, 0.15) is 12.4 Å².